The Hall–Kier alpha value is -0.870. The molecule has 2 N–H and O–H groups in total. The highest BCUT2D eigenvalue weighted by Crippen LogP contribution is 2.17. The number of hydrogen-bond donors (Lipinski definition) is 1. The van der Waals surface area contributed by atoms with E-state index in [4.69, 9.17) is 22.1 Å². The summed E-state index contributed by atoms with van der Waals surface area (Å²) in [4.78, 5) is 11.5. The number of hydrogen-bond acceptors (Lipinski definition) is 4. The van der Waals surface area contributed by atoms with Crippen LogP contribution in [0.15, 0.2) is 18.2 Å². The number of thioether (sulfide) groups is 1. The van der Waals surface area contributed by atoms with Gasteiger partial charge in [0, 0.05) is 16.5 Å². The summed E-state index contributed by atoms with van der Waals surface area (Å²) in [5.41, 5.74) is 6.40. The summed E-state index contributed by atoms with van der Waals surface area (Å²) in [6.07, 6.45) is 1.95. The lowest BCUT2D eigenvalue weighted by atomic mass is 10.2. The third-order valence-corrected chi connectivity index (χ3v) is 2.47. The number of anilines is 1. The van der Waals surface area contributed by atoms with Crippen molar-refractivity contribution >= 4 is 35.0 Å². The monoisotopic (exact) mass is 245 g/mol. The van der Waals surface area contributed by atoms with Crippen LogP contribution < -0.4 is 5.73 Å². The van der Waals surface area contributed by atoms with Gasteiger partial charge >= 0.3 is 5.97 Å². The molecule has 3 nitrogen and oxygen atoms in total. The first-order valence-electron chi connectivity index (χ1n) is 4.35. The van der Waals surface area contributed by atoms with Crippen LogP contribution in [0.4, 0.5) is 5.69 Å². The highest BCUT2D eigenvalue weighted by Gasteiger charge is 2.08. The van der Waals surface area contributed by atoms with Crippen LogP contribution in [0.1, 0.15) is 10.4 Å². The van der Waals surface area contributed by atoms with E-state index < -0.39 is 5.97 Å². The summed E-state index contributed by atoms with van der Waals surface area (Å²) in [7, 11) is 0. The fourth-order valence-electron chi connectivity index (χ4n) is 1.03. The molecule has 0 bridgehead atoms. The quantitative estimate of drug-likeness (QED) is 0.503. The fourth-order valence-corrected chi connectivity index (χ4v) is 1.52. The van der Waals surface area contributed by atoms with Crippen molar-refractivity contribution in [1.82, 2.24) is 0 Å². The highest BCUT2D eigenvalue weighted by atomic mass is 35.5. The molecule has 0 aliphatic rings. The minimum Gasteiger partial charge on any atom is -0.461 e. The standard InChI is InChI=1S/C10H12ClNO2S/c1-15-3-2-14-10(13)7-4-8(11)6-9(12)5-7/h4-6H,2-3,12H2,1H3. The lowest BCUT2D eigenvalue weighted by molar-refractivity contribution is 0.0530. The SMILES string of the molecule is CSCCOC(=O)c1cc(N)cc(Cl)c1. The molecule has 0 saturated carbocycles. The minimum atomic E-state index is -0.391. The van der Waals surface area contributed by atoms with Crippen LogP contribution in [0, 0.1) is 0 Å². The summed E-state index contributed by atoms with van der Waals surface area (Å²) < 4.78 is 5.00. The maximum atomic E-state index is 11.5. The maximum Gasteiger partial charge on any atom is 0.338 e. The van der Waals surface area contributed by atoms with Gasteiger partial charge in [-0.3, -0.25) is 0 Å². The van der Waals surface area contributed by atoms with E-state index in [1.165, 1.54) is 0 Å². The molecular formula is C10H12ClNO2S. The number of benzene rings is 1. The summed E-state index contributed by atoms with van der Waals surface area (Å²) in [6, 6.07) is 4.67. The lowest BCUT2D eigenvalue weighted by Crippen LogP contribution is -2.08. The molecule has 0 saturated heterocycles. The zero-order valence-electron chi connectivity index (χ0n) is 8.33. The van der Waals surface area contributed by atoms with Gasteiger partial charge in [0.05, 0.1) is 5.56 Å². The van der Waals surface area contributed by atoms with Crippen molar-refractivity contribution in [3.8, 4) is 0 Å². The van der Waals surface area contributed by atoms with E-state index in [0.29, 0.717) is 22.9 Å². The number of carbonyl (C=O) groups is 1. The van der Waals surface area contributed by atoms with Crippen molar-refractivity contribution in [3.05, 3.63) is 28.8 Å². The van der Waals surface area contributed by atoms with Gasteiger partial charge in [-0.05, 0) is 24.5 Å². The number of nitrogens with two attached hydrogens (primary N) is 1. The van der Waals surface area contributed by atoms with Gasteiger partial charge in [-0.25, -0.2) is 4.79 Å². The predicted molar refractivity (Wildman–Crippen MR) is 64.5 cm³/mol. The zero-order chi connectivity index (χ0) is 11.3. The molecule has 0 heterocycles. The van der Waals surface area contributed by atoms with Crippen LogP contribution in [0.2, 0.25) is 5.02 Å². The average Bonchev–Trinajstić information content (AvgIpc) is 2.16. The smallest absolute Gasteiger partial charge is 0.338 e. The van der Waals surface area contributed by atoms with Crippen molar-refractivity contribution in [3.63, 3.8) is 0 Å². The van der Waals surface area contributed by atoms with Crippen molar-refractivity contribution in [2.24, 2.45) is 0 Å². The van der Waals surface area contributed by atoms with Crippen LogP contribution in [0.3, 0.4) is 0 Å². The Kier molecular flexibility index (Phi) is 4.78. The van der Waals surface area contributed by atoms with E-state index in [-0.39, 0.29) is 0 Å². The Morgan fingerprint density at radius 1 is 1.53 bits per heavy atom. The Bertz CT molecular complexity index is 337. The Labute approximate surface area is 97.9 Å². The van der Waals surface area contributed by atoms with Gasteiger partial charge in [0.2, 0.25) is 0 Å². The first kappa shape index (κ1) is 12.2. The van der Waals surface area contributed by atoms with Crippen molar-refractivity contribution in [2.75, 3.05) is 24.3 Å². The van der Waals surface area contributed by atoms with Gasteiger partial charge in [0.1, 0.15) is 6.61 Å². The summed E-state index contributed by atoms with van der Waals surface area (Å²) in [6.45, 7) is 0.395. The Morgan fingerprint density at radius 3 is 2.87 bits per heavy atom. The molecule has 0 fully saturated rings. The highest BCUT2D eigenvalue weighted by molar-refractivity contribution is 7.98. The number of rotatable bonds is 4. The van der Waals surface area contributed by atoms with Crippen LogP contribution in [-0.4, -0.2) is 24.6 Å². The largest absolute Gasteiger partial charge is 0.461 e. The summed E-state index contributed by atoms with van der Waals surface area (Å²) in [5, 5.41) is 0.437. The van der Waals surface area contributed by atoms with E-state index in [9.17, 15) is 4.79 Å². The molecule has 15 heavy (non-hydrogen) atoms. The second-order valence-electron chi connectivity index (χ2n) is 2.90. The molecule has 0 unspecified atom stereocenters. The van der Waals surface area contributed by atoms with Gasteiger partial charge in [0.25, 0.3) is 0 Å². The summed E-state index contributed by atoms with van der Waals surface area (Å²) >= 11 is 7.38. The normalized spacial score (nSPS) is 10.0. The number of halogens is 1. The van der Waals surface area contributed by atoms with Gasteiger partial charge < -0.3 is 10.5 Å². The fraction of sp³-hybridized carbons (Fsp3) is 0.300. The number of esters is 1. The first-order valence-corrected chi connectivity index (χ1v) is 6.13. The number of ether oxygens (including phenoxy) is 1. The second-order valence-corrected chi connectivity index (χ2v) is 4.32. The van der Waals surface area contributed by atoms with Gasteiger partial charge in [-0.1, -0.05) is 11.6 Å². The van der Waals surface area contributed by atoms with Crippen molar-refractivity contribution in [2.45, 2.75) is 0 Å². The molecule has 0 aromatic heterocycles. The lowest BCUT2D eigenvalue weighted by Gasteiger charge is -2.04. The number of nitrogen functional groups attached to an aromatic ring is 1. The minimum absolute atomic E-state index is 0.390. The molecule has 0 spiro atoms. The van der Waals surface area contributed by atoms with Crippen LogP contribution in [0.25, 0.3) is 0 Å². The molecule has 1 aromatic carbocycles. The Morgan fingerprint density at radius 2 is 2.27 bits per heavy atom. The molecule has 5 heteroatoms. The third-order valence-electron chi connectivity index (χ3n) is 1.68. The van der Waals surface area contributed by atoms with E-state index in [0.717, 1.165) is 5.75 Å². The summed E-state index contributed by atoms with van der Waals surface area (Å²) in [5.74, 6) is 0.389. The van der Waals surface area contributed by atoms with Crippen LogP contribution in [0.5, 0.6) is 0 Å². The second kappa shape index (κ2) is 5.88. The molecule has 0 aliphatic heterocycles. The van der Waals surface area contributed by atoms with Crippen molar-refractivity contribution < 1.29 is 9.53 Å². The molecule has 0 aliphatic carbocycles. The molecular weight excluding hydrogens is 234 g/mol. The van der Waals surface area contributed by atoms with Gasteiger partial charge in [0.15, 0.2) is 0 Å². The van der Waals surface area contributed by atoms with E-state index in [1.807, 2.05) is 6.26 Å². The van der Waals surface area contributed by atoms with E-state index in [1.54, 1.807) is 30.0 Å². The Balaban J connectivity index is 2.65. The van der Waals surface area contributed by atoms with Crippen LogP contribution in [-0.2, 0) is 4.74 Å². The molecule has 0 amide bonds. The first-order chi connectivity index (χ1) is 7.13. The topological polar surface area (TPSA) is 52.3 Å². The van der Waals surface area contributed by atoms with Crippen LogP contribution >= 0.6 is 23.4 Å². The van der Waals surface area contributed by atoms with Gasteiger partial charge in [-0.2, -0.15) is 11.8 Å². The average molecular weight is 246 g/mol. The molecule has 0 radical (unpaired) electrons. The van der Waals surface area contributed by atoms with E-state index in [2.05, 4.69) is 0 Å². The predicted octanol–water partition coefficient (Wildman–Crippen LogP) is 2.44. The molecule has 82 valence electrons. The maximum absolute atomic E-state index is 11.5. The third kappa shape index (κ3) is 4.01. The van der Waals surface area contributed by atoms with E-state index >= 15 is 0 Å². The molecule has 0 atom stereocenters. The number of carbonyl (C=O) groups excluding carboxylic acids is 1. The van der Waals surface area contributed by atoms with Crippen molar-refractivity contribution in [1.29, 1.82) is 0 Å². The molecule has 1 rings (SSSR count). The van der Waals surface area contributed by atoms with Gasteiger partial charge in [-0.15, -0.1) is 0 Å². The molecule has 1 aromatic rings. The zero-order valence-corrected chi connectivity index (χ0v) is 9.90.